The van der Waals surface area contributed by atoms with Gasteiger partial charge in [0, 0.05) is 30.4 Å². The monoisotopic (exact) mass is 375 g/mol. The minimum absolute atomic E-state index is 0.106. The highest BCUT2D eigenvalue weighted by molar-refractivity contribution is 5.90. The summed E-state index contributed by atoms with van der Waals surface area (Å²) in [6.07, 6.45) is 3.42. The van der Waals surface area contributed by atoms with Gasteiger partial charge in [0.25, 0.3) is 0 Å². The molecule has 7 nitrogen and oxygen atoms in total. The lowest BCUT2D eigenvalue weighted by Gasteiger charge is -2.22. The molecule has 1 heterocycles. The summed E-state index contributed by atoms with van der Waals surface area (Å²) in [6.45, 7) is 1.34. The van der Waals surface area contributed by atoms with Crippen LogP contribution in [0.2, 0.25) is 0 Å². The molecule has 1 fully saturated rings. The van der Waals surface area contributed by atoms with Crippen molar-refractivity contribution in [2.24, 2.45) is 0 Å². The van der Waals surface area contributed by atoms with Crippen LogP contribution in [0.4, 0.5) is 4.39 Å². The van der Waals surface area contributed by atoms with E-state index in [0.717, 1.165) is 10.9 Å². The maximum atomic E-state index is 13.4. The first-order valence-corrected chi connectivity index (χ1v) is 8.73. The number of hydrogen-bond acceptors (Lipinski definition) is 4. The van der Waals surface area contributed by atoms with Crippen LogP contribution in [0.15, 0.2) is 24.4 Å². The smallest absolute Gasteiger partial charge is 0.307 e. The van der Waals surface area contributed by atoms with E-state index in [4.69, 9.17) is 0 Å². The molecular formula is C19H22FN3O4. The van der Waals surface area contributed by atoms with Crippen LogP contribution >= 0.6 is 0 Å². The summed E-state index contributed by atoms with van der Waals surface area (Å²) in [6, 6.07) is 3.56. The number of esters is 1. The van der Waals surface area contributed by atoms with Gasteiger partial charge in [-0.3, -0.25) is 14.4 Å². The van der Waals surface area contributed by atoms with Crippen LogP contribution in [0.25, 0.3) is 10.9 Å². The van der Waals surface area contributed by atoms with Crippen LogP contribution in [0.3, 0.4) is 0 Å². The number of fused-ring (bicyclic) bond motifs is 1. The van der Waals surface area contributed by atoms with E-state index < -0.39 is 11.6 Å². The molecule has 3 rings (SSSR count). The molecule has 1 aliphatic carbocycles. The lowest BCUT2D eigenvalue weighted by Crippen LogP contribution is -2.51. The quantitative estimate of drug-likeness (QED) is 0.640. The van der Waals surface area contributed by atoms with Crippen molar-refractivity contribution in [2.75, 3.05) is 7.11 Å². The van der Waals surface area contributed by atoms with E-state index in [1.165, 1.54) is 26.2 Å². The molecule has 1 saturated carbocycles. The van der Waals surface area contributed by atoms with Crippen LogP contribution in [0, 0.1) is 5.82 Å². The molecule has 3 N–H and O–H groups in total. The average Bonchev–Trinajstić information content (AvgIpc) is 3.24. The molecule has 1 unspecified atom stereocenters. The van der Waals surface area contributed by atoms with Gasteiger partial charge in [0.05, 0.1) is 19.1 Å². The normalized spacial score (nSPS) is 15.8. The number of amides is 2. The summed E-state index contributed by atoms with van der Waals surface area (Å²) >= 11 is 0. The molecule has 144 valence electrons. The van der Waals surface area contributed by atoms with Gasteiger partial charge in [-0.25, -0.2) is 4.39 Å². The van der Waals surface area contributed by atoms with Crippen molar-refractivity contribution < 1.29 is 23.5 Å². The molecule has 2 aromatic rings. The summed E-state index contributed by atoms with van der Waals surface area (Å²) in [5, 5.41) is 6.33. The number of carbonyl (C=O) groups excluding carboxylic acids is 3. The topological polar surface area (TPSA) is 100 Å². The van der Waals surface area contributed by atoms with Crippen LogP contribution in [-0.4, -0.2) is 41.5 Å². The van der Waals surface area contributed by atoms with Crippen molar-refractivity contribution in [1.29, 1.82) is 0 Å². The maximum Gasteiger partial charge on any atom is 0.307 e. The SMILES string of the molecule is COC(=O)CC1(NC(=O)C(Cc2c[nH]c3cc(F)ccc23)NC(C)=O)CC1. The predicted molar refractivity (Wildman–Crippen MR) is 96.3 cm³/mol. The Morgan fingerprint density at radius 1 is 1.33 bits per heavy atom. The highest BCUT2D eigenvalue weighted by Gasteiger charge is 2.47. The number of benzene rings is 1. The first-order chi connectivity index (χ1) is 12.8. The fourth-order valence-electron chi connectivity index (χ4n) is 3.20. The highest BCUT2D eigenvalue weighted by Crippen LogP contribution is 2.39. The lowest BCUT2D eigenvalue weighted by atomic mass is 10.0. The van der Waals surface area contributed by atoms with E-state index in [9.17, 15) is 18.8 Å². The lowest BCUT2D eigenvalue weighted by molar-refractivity contribution is -0.141. The van der Waals surface area contributed by atoms with Gasteiger partial charge in [0.2, 0.25) is 11.8 Å². The summed E-state index contributed by atoms with van der Waals surface area (Å²) < 4.78 is 18.0. The number of aromatic nitrogens is 1. The molecule has 1 aliphatic rings. The second-order valence-corrected chi connectivity index (χ2v) is 6.98. The third-order valence-electron chi connectivity index (χ3n) is 4.80. The minimum atomic E-state index is -0.804. The Morgan fingerprint density at radius 2 is 2.07 bits per heavy atom. The third-order valence-corrected chi connectivity index (χ3v) is 4.80. The first kappa shape index (κ1) is 18.9. The molecular weight excluding hydrogens is 353 g/mol. The van der Waals surface area contributed by atoms with Crippen LogP contribution < -0.4 is 10.6 Å². The molecule has 0 bridgehead atoms. The molecule has 27 heavy (non-hydrogen) atoms. The summed E-state index contributed by atoms with van der Waals surface area (Å²) in [5.74, 6) is -1.44. The van der Waals surface area contributed by atoms with Gasteiger partial charge in [-0.2, -0.15) is 0 Å². The van der Waals surface area contributed by atoms with E-state index in [0.29, 0.717) is 18.4 Å². The number of aromatic amines is 1. The second-order valence-electron chi connectivity index (χ2n) is 6.98. The van der Waals surface area contributed by atoms with Crippen LogP contribution in [-0.2, 0) is 25.5 Å². The van der Waals surface area contributed by atoms with Crippen molar-refractivity contribution in [2.45, 2.75) is 44.2 Å². The number of hydrogen-bond donors (Lipinski definition) is 3. The molecule has 0 aliphatic heterocycles. The maximum absolute atomic E-state index is 13.4. The Hall–Kier alpha value is -2.90. The molecule has 1 aromatic carbocycles. The zero-order valence-electron chi connectivity index (χ0n) is 15.2. The van der Waals surface area contributed by atoms with Crippen molar-refractivity contribution >= 4 is 28.7 Å². The number of methoxy groups -OCH3 is 1. The number of carbonyl (C=O) groups is 3. The van der Waals surface area contributed by atoms with Crippen molar-refractivity contribution in [3.63, 3.8) is 0 Å². The standard InChI is InChI=1S/C19H22FN3O4/c1-11(24)22-16(18(26)23-19(5-6-19)9-17(25)27-2)7-12-10-21-15-8-13(20)3-4-14(12)15/h3-4,8,10,16,21H,5-7,9H2,1-2H3,(H,22,24)(H,23,26). The molecule has 1 aromatic heterocycles. The van der Waals surface area contributed by atoms with E-state index in [1.807, 2.05) is 0 Å². The Bertz CT molecular complexity index is 888. The van der Waals surface area contributed by atoms with E-state index in [-0.39, 0.29) is 36.4 Å². The molecule has 0 radical (unpaired) electrons. The number of halogens is 1. The number of ether oxygens (including phenoxy) is 1. The van der Waals surface area contributed by atoms with Crippen molar-refractivity contribution in [3.8, 4) is 0 Å². The summed E-state index contributed by atoms with van der Waals surface area (Å²) in [5.41, 5.74) is 0.817. The van der Waals surface area contributed by atoms with Gasteiger partial charge in [0.1, 0.15) is 11.9 Å². The summed E-state index contributed by atoms with van der Waals surface area (Å²) in [7, 11) is 1.31. The van der Waals surface area contributed by atoms with Crippen LogP contribution in [0.5, 0.6) is 0 Å². The van der Waals surface area contributed by atoms with Gasteiger partial charge >= 0.3 is 5.97 Å². The Kier molecular flexibility index (Phi) is 5.16. The predicted octanol–water partition coefficient (Wildman–Crippen LogP) is 1.57. The average molecular weight is 375 g/mol. The van der Waals surface area contributed by atoms with Crippen LogP contribution in [0.1, 0.15) is 31.7 Å². The van der Waals surface area contributed by atoms with E-state index in [1.54, 1.807) is 12.3 Å². The third kappa shape index (κ3) is 4.45. The largest absolute Gasteiger partial charge is 0.469 e. The minimum Gasteiger partial charge on any atom is -0.469 e. The van der Waals surface area contributed by atoms with Crippen molar-refractivity contribution in [3.05, 3.63) is 35.8 Å². The molecule has 8 heteroatoms. The number of rotatable bonds is 7. The Morgan fingerprint density at radius 3 is 2.70 bits per heavy atom. The fourth-order valence-corrected chi connectivity index (χ4v) is 3.20. The number of H-pyrrole nitrogens is 1. The Balaban J connectivity index is 1.76. The van der Waals surface area contributed by atoms with Gasteiger partial charge in [-0.05, 0) is 36.6 Å². The van der Waals surface area contributed by atoms with Gasteiger partial charge in [-0.1, -0.05) is 0 Å². The Labute approximate surface area is 155 Å². The molecule has 0 spiro atoms. The fraction of sp³-hybridized carbons (Fsp3) is 0.421. The van der Waals surface area contributed by atoms with Gasteiger partial charge in [-0.15, -0.1) is 0 Å². The second kappa shape index (κ2) is 7.38. The van der Waals surface area contributed by atoms with Crippen molar-refractivity contribution in [1.82, 2.24) is 15.6 Å². The van der Waals surface area contributed by atoms with Gasteiger partial charge < -0.3 is 20.4 Å². The summed E-state index contributed by atoms with van der Waals surface area (Å²) in [4.78, 5) is 38.9. The zero-order valence-corrected chi connectivity index (χ0v) is 15.2. The van der Waals surface area contributed by atoms with E-state index in [2.05, 4.69) is 20.4 Å². The first-order valence-electron chi connectivity index (χ1n) is 8.73. The number of nitrogens with one attached hydrogen (secondary N) is 3. The molecule has 1 atom stereocenters. The molecule has 0 saturated heterocycles. The highest BCUT2D eigenvalue weighted by atomic mass is 19.1. The van der Waals surface area contributed by atoms with E-state index >= 15 is 0 Å². The zero-order chi connectivity index (χ0) is 19.6. The molecule has 2 amide bonds. The van der Waals surface area contributed by atoms with Gasteiger partial charge in [0.15, 0.2) is 0 Å².